The van der Waals surface area contributed by atoms with Gasteiger partial charge >= 0.3 is 0 Å². The van der Waals surface area contributed by atoms with Gasteiger partial charge in [0.1, 0.15) is 5.69 Å². The highest BCUT2D eigenvalue weighted by Gasteiger charge is 2.38. The number of hydrogen-bond acceptors (Lipinski definition) is 5. The molecule has 0 saturated carbocycles. The summed E-state index contributed by atoms with van der Waals surface area (Å²) >= 11 is 5.95. The fourth-order valence-electron chi connectivity index (χ4n) is 3.92. The first kappa shape index (κ1) is 24.1. The SMILES string of the molecule is CC[C@]1(O)CCN(CC=Cc2ccc(C#Cc3ccc(-c4ccc(Cl)cc4)cn3)cn2)C[C@H]1O. The minimum Gasteiger partial charge on any atom is -0.389 e. The van der Waals surface area contributed by atoms with Gasteiger partial charge in [-0.25, -0.2) is 4.98 Å². The molecule has 0 spiro atoms. The molecule has 174 valence electrons. The molecule has 6 heteroatoms. The van der Waals surface area contributed by atoms with Gasteiger partial charge in [-0.3, -0.25) is 9.88 Å². The average molecular weight is 474 g/mol. The van der Waals surface area contributed by atoms with Crippen LogP contribution in [0.2, 0.25) is 5.02 Å². The lowest BCUT2D eigenvalue weighted by atomic mass is 9.86. The maximum Gasteiger partial charge on any atom is 0.113 e. The topological polar surface area (TPSA) is 69.5 Å². The van der Waals surface area contributed by atoms with E-state index in [-0.39, 0.29) is 0 Å². The lowest BCUT2D eigenvalue weighted by molar-refractivity contribution is -0.118. The van der Waals surface area contributed by atoms with E-state index in [1.165, 1.54) is 0 Å². The molecule has 0 bridgehead atoms. The molecule has 1 saturated heterocycles. The molecule has 0 aliphatic carbocycles. The molecule has 2 aromatic heterocycles. The van der Waals surface area contributed by atoms with Crippen LogP contribution >= 0.6 is 11.6 Å². The van der Waals surface area contributed by atoms with Gasteiger partial charge in [0.25, 0.3) is 0 Å². The maximum atomic E-state index is 10.4. The first-order chi connectivity index (χ1) is 16.4. The molecule has 1 aliphatic heterocycles. The second kappa shape index (κ2) is 10.9. The Morgan fingerprint density at radius 1 is 1.06 bits per heavy atom. The summed E-state index contributed by atoms with van der Waals surface area (Å²) in [6.07, 6.45) is 8.00. The van der Waals surface area contributed by atoms with Crippen LogP contribution in [0.3, 0.4) is 0 Å². The first-order valence-corrected chi connectivity index (χ1v) is 11.8. The van der Waals surface area contributed by atoms with E-state index in [9.17, 15) is 10.2 Å². The van der Waals surface area contributed by atoms with Crippen LogP contribution in [0.15, 0.2) is 67.0 Å². The summed E-state index contributed by atoms with van der Waals surface area (Å²) in [7, 11) is 0. The molecule has 1 fully saturated rings. The normalized spacial score (nSPS) is 20.8. The molecule has 1 aromatic carbocycles. The highest BCUT2D eigenvalue weighted by atomic mass is 35.5. The van der Waals surface area contributed by atoms with E-state index in [1.807, 2.05) is 73.8 Å². The lowest BCUT2D eigenvalue weighted by Gasteiger charge is -2.41. The number of halogens is 1. The Labute approximate surface area is 205 Å². The van der Waals surface area contributed by atoms with Gasteiger partial charge in [0, 0.05) is 48.2 Å². The van der Waals surface area contributed by atoms with Crippen LogP contribution in [-0.2, 0) is 0 Å². The Hall–Kier alpha value is -3.01. The Balaban J connectivity index is 1.31. The van der Waals surface area contributed by atoms with Gasteiger partial charge in [0.15, 0.2) is 0 Å². The Morgan fingerprint density at radius 3 is 2.50 bits per heavy atom. The summed E-state index contributed by atoms with van der Waals surface area (Å²) in [5.74, 6) is 6.18. The number of rotatable bonds is 5. The van der Waals surface area contributed by atoms with Gasteiger partial charge in [0.2, 0.25) is 0 Å². The van der Waals surface area contributed by atoms with Crippen molar-refractivity contribution in [3.63, 3.8) is 0 Å². The van der Waals surface area contributed by atoms with E-state index in [2.05, 4.69) is 26.7 Å². The number of β-amino-alcohol motifs (C(OH)–C–C–N with tert-alkyl or cyclic N) is 1. The minimum absolute atomic E-state index is 0.478. The summed E-state index contributed by atoms with van der Waals surface area (Å²) in [5, 5.41) is 21.3. The molecule has 2 N–H and O–H groups in total. The van der Waals surface area contributed by atoms with Crippen molar-refractivity contribution < 1.29 is 10.2 Å². The molecule has 4 rings (SSSR count). The van der Waals surface area contributed by atoms with Crippen LogP contribution in [0.5, 0.6) is 0 Å². The number of benzene rings is 1. The summed E-state index contributed by atoms with van der Waals surface area (Å²) in [5.41, 5.74) is 3.48. The second-order valence-corrected chi connectivity index (χ2v) is 8.98. The zero-order valence-corrected chi connectivity index (χ0v) is 19.9. The van der Waals surface area contributed by atoms with Gasteiger partial charge in [-0.05, 0) is 60.7 Å². The van der Waals surface area contributed by atoms with Crippen LogP contribution in [0.4, 0.5) is 0 Å². The van der Waals surface area contributed by atoms with E-state index in [0.717, 1.165) is 28.9 Å². The van der Waals surface area contributed by atoms with Crippen molar-refractivity contribution in [2.24, 2.45) is 0 Å². The van der Waals surface area contributed by atoms with E-state index >= 15 is 0 Å². The van der Waals surface area contributed by atoms with Crippen LogP contribution < -0.4 is 0 Å². The average Bonchev–Trinajstić information content (AvgIpc) is 2.86. The molecule has 0 unspecified atom stereocenters. The standard InChI is InChI=1S/C28H28ClN3O2/c1-2-28(34)15-17-32(20-27(28)33)16-3-4-25-12-5-21(18-30-25)6-13-26-14-9-23(19-31-26)22-7-10-24(29)11-8-22/h3-5,7-12,14,18-19,27,33-34H,2,15-17,20H2,1H3/t27-,28+/m1/s1. The molecular formula is C28H28ClN3O2. The zero-order valence-electron chi connectivity index (χ0n) is 19.2. The van der Waals surface area contributed by atoms with Crippen molar-refractivity contribution in [1.82, 2.24) is 14.9 Å². The molecule has 0 radical (unpaired) electrons. The Bertz CT molecular complexity index is 1180. The summed E-state index contributed by atoms with van der Waals surface area (Å²) in [4.78, 5) is 11.0. The predicted octanol–water partition coefficient (Wildman–Crippen LogP) is 4.42. The number of aromatic nitrogens is 2. The van der Waals surface area contributed by atoms with E-state index in [4.69, 9.17) is 11.6 Å². The number of aliphatic hydroxyl groups excluding tert-OH is 1. The second-order valence-electron chi connectivity index (χ2n) is 8.55. The number of hydrogen-bond donors (Lipinski definition) is 2. The third-order valence-corrected chi connectivity index (χ3v) is 6.49. The first-order valence-electron chi connectivity index (χ1n) is 11.4. The molecule has 3 heterocycles. The third kappa shape index (κ3) is 6.11. The van der Waals surface area contributed by atoms with Crippen molar-refractivity contribution >= 4 is 17.7 Å². The van der Waals surface area contributed by atoms with Crippen LogP contribution in [0.1, 0.15) is 36.7 Å². The summed E-state index contributed by atoms with van der Waals surface area (Å²) in [6.45, 7) is 3.86. The van der Waals surface area contributed by atoms with Crippen LogP contribution in [-0.4, -0.2) is 56.4 Å². The van der Waals surface area contributed by atoms with Crippen molar-refractivity contribution in [1.29, 1.82) is 0 Å². The van der Waals surface area contributed by atoms with Crippen LogP contribution in [0.25, 0.3) is 17.2 Å². The number of nitrogens with zero attached hydrogens (tertiary/aromatic N) is 3. The number of pyridine rings is 2. The largest absolute Gasteiger partial charge is 0.389 e. The molecule has 2 atom stereocenters. The highest BCUT2D eigenvalue weighted by molar-refractivity contribution is 6.30. The molecule has 1 aliphatic rings. The predicted molar refractivity (Wildman–Crippen MR) is 136 cm³/mol. The number of piperidine rings is 1. The summed E-state index contributed by atoms with van der Waals surface area (Å²) < 4.78 is 0. The minimum atomic E-state index is -0.951. The number of aliphatic hydroxyl groups is 2. The van der Waals surface area contributed by atoms with Crippen LogP contribution in [0, 0.1) is 11.8 Å². The van der Waals surface area contributed by atoms with Gasteiger partial charge in [0.05, 0.1) is 17.4 Å². The highest BCUT2D eigenvalue weighted by Crippen LogP contribution is 2.25. The molecule has 0 amide bonds. The third-order valence-electron chi connectivity index (χ3n) is 6.24. The quantitative estimate of drug-likeness (QED) is 0.537. The molecule has 3 aromatic rings. The van der Waals surface area contributed by atoms with Gasteiger partial charge in [-0.15, -0.1) is 0 Å². The van der Waals surface area contributed by atoms with Gasteiger partial charge in [-0.2, -0.15) is 0 Å². The molecule has 5 nitrogen and oxygen atoms in total. The fourth-order valence-corrected chi connectivity index (χ4v) is 4.05. The van der Waals surface area contributed by atoms with Gasteiger partial charge in [-0.1, -0.05) is 48.7 Å². The lowest BCUT2D eigenvalue weighted by Crippen LogP contribution is -2.55. The molecular weight excluding hydrogens is 446 g/mol. The van der Waals surface area contributed by atoms with E-state index in [0.29, 0.717) is 36.6 Å². The monoisotopic (exact) mass is 473 g/mol. The Morgan fingerprint density at radius 2 is 1.85 bits per heavy atom. The van der Waals surface area contributed by atoms with E-state index in [1.54, 1.807) is 6.20 Å². The van der Waals surface area contributed by atoms with E-state index < -0.39 is 11.7 Å². The molecule has 34 heavy (non-hydrogen) atoms. The van der Waals surface area contributed by atoms with Crippen molar-refractivity contribution in [2.75, 3.05) is 19.6 Å². The van der Waals surface area contributed by atoms with Gasteiger partial charge < -0.3 is 10.2 Å². The maximum absolute atomic E-state index is 10.4. The smallest absolute Gasteiger partial charge is 0.113 e. The van der Waals surface area contributed by atoms with Crippen molar-refractivity contribution in [3.05, 3.63) is 89.0 Å². The Kier molecular flexibility index (Phi) is 7.77. The summed E-state index contributed by atoms with van der Waals surface area (Å²) in [6, 6.07) is 15.4. The number of likely N-dealkylation sites (tertiary alicyclic amines) is 1. The van der Waals surface area contributed by atoms with Crippen molar-refractivity contribution in [3.8, 4) is 23.0 Å². The zero-order chi connectivity index (χ0) is 24.0. The van der Waals surface area contributed by atoms with Crippen molar-refractivity contribution in [2.45, 2.75) is 31.5 Å². The fraction of sp³-hybridized carbons (Fsp3) is 0.286.